The Hall–Kier alpha value is -0.0400. The number of nitrogens with zero attached hydrogens (tertiary/aromatic N) is 1. The standard InChI is InChI=1S/C11H23N/c1-5-6-11-8-12(4)10(3)7-9(11)2/h9-11H,5-8H2,1-4H3. The maximum absolute atomic E-state index is 2.51. The molecule has 0 saturated carbocycles. The van der Waals surface area contributed by atoms with E-state index in [1.807, 2.05) is 0 Å². The highest BCUT2D eigenvalue weighted by Crippen LogP contribution is 2.29. The lowest BCUT2D eigenvalue weighted by molar-refractivity contribution is 0.0967. The molecule has 0 N–H and O–H groups in total. The van der Waals surface area contributed by atoms with Crippen LogP contribution in [0.5, 0.6) is 0 Å². The zero-order valence-electron chi connectivity index (χ0n) is 9.01. The molecule has 3 atom stereocenters. The van der Waals surface area contributed by atoms with Crippen molar-refractivity contribution in [3.05, 3.63) is 0 Å². The summed E-state index contributed by atoms with van der Waals surface area (Å²) in [5.41, 5.74) is 0. The highest BCUT2D eigenvalue weighted by Gasteiger charge is 2.27. The Morgan fingerprint density at radius 2 is 2.00 bits per heavy atom. The summed E-state index contributed by atoms with van der Waals surface area (Å²) in [6.07, 6.45) is 4.15. The van der Waals surface area contributed by atoms with Crippen molar-refractivity contribution in [1.29, 1.82) is 0 Å². The fourth-order valence-electron chi connectivity index (χ4n) is 2.39. The van der Waals surface area contributed by atoms with E-state index >= 15 is 0 Å². The molecule has 0 radical (unpaired) electrons. The van der Waals surface area contributed by atoms with E-state index in [1.165, 1.54) is 25.8 Å². The van der Waals surface area contributed by atoms with E-state index in [2.05, 4.69) is 32.7 Å². The molecule has 1 aliphatic rings. The van der Waals surface area contributed by atoms with Gasteiger partial charge in [-0.3, -0.25) is 0 Å². The van der Waals surface area contributed by atoms with Crippen LogP contribution in [0.2, 0.25) is 0 Å². The van der Waals surface area contributed by atoms with E-state index in [4.69, 9.17) is 0 Å². The molecule has 0 aliphatic carbocycles. The first-order chi connectivity index (χ1) is 5.65. The molecule has 0 amide bonds. The van der Waals surface area contributed by atoms with Crippen molar-refractivity contribution < 1.29 is 0 Å². The van der Waals surface area contributed by atoms with Crippen molar-refractivity contribution in [2.75, 3.05) is 13.6 Å². The minimum Gasteiger partial charge on any atom is -0.303 e. The van der Waals surface area contributed by atoms with Gasteiger partial charge in [0.05, 0.1) is 0 Å². The zero-order valence-corrected chi connectivity index (χ0v) is 9.01. The molecule has 1 heteroatoms. The molecule has 0 spiro atoms. The van der Waals surface area contributed by atoms with Gasteiger partial charge in [0.2, 0.25) is 0 Å². The van der Waals surface area contributed by atoms with E-state index in [9.17, 15) is 0 Å². The predicted molar refractivity (Wildman–Crippen MR) is 54.3 cm³/mol. The number of piperidine rings is 1. The van der Waals surface area contributed by atoms with Gasteiger partial charge in [0, 0.05) is 12.6 Å². The van der Waals surface area contributed by atoms with Crippen LogP contribution in [0, 0.1) is 11.8 Å². The second-order valence-electron chi connectivity index (χ2n) is 4.55. The first-order valence-electron chi connectivity index (χ1n) is 5.35. The molecule has 1 aliphatic heterocycles. The molecule has 72 valence electrons. The molecule has 0 aromatic heterocycles. The summed E-state index contributed by atoms with van der Waals surface area (Å²) in [4.78, 5) is 2.51. The molecule has 1 heterocycles. The van der Waals surface area contributed by atoms with Gasteiger partial charge in [-0.2, -0.15) is 0 Å². The van der Waals surface area contributed by atoms with Gasteiger partial charge in [-0.25, -0.2) is 0 Å². The summed E-state index contributed by atoms with van der Waals surface area (Å²) in [7, 11) is 2.26. The molecular weight excluding hydrogens is 146 g/mol. The minimum atomic E-state index is 0.799. The lowest BCUT2D eigenvalue weighted by Gasteiger charge is -2.39. The number of likely N-dealkylation sites (tertiary alicyclic amines) is 1. The monoisotopic (exact) mass is 169 g/mol. The zero-order chi connectivity index (χ0) is 9.14. The summed E-state index contributed by atoms with van der Waals surface area (Å²) in [6.45, 7) is 8.38. The predicted octanol–water partition coefficient (Wildman–Crippen LogP) is 2.76. The third-order valence-corrected chi connectivity index (χ3v) is 3.45. The highest BCUT2D eigenvalue weighted by atomic mass is 15.1. The fraction of sp³-hybridized carbons (Fsp3) is 1.00. The molecule has 0 bridgehead atoms. The average Bonchev–Trinajstić information content (AvgIpc) is 2.01. The summed E-state index contributed by atoms with van der Waals surface area (Å²) < 4.78 is 0. The quantitative estimate of drug-likeness (QED) is 0.614. The fourth-order valence-corrected chi connectivity index (χ4v) is 2.39. The van der Waals surface area contributed by atoms with Gasteiger partial charge in [0.15, 0.2) is 0 Å². The van der Waals surface area contributed by atoms with Gasteiger partial charge in [-0.1, -0.05) is 20.3 Å². The van der Waals surface area contributed by atoms with Gasteiger partial charge in [0.1, 0.15) is 0 Å². The lowest BCUT2D eigenvalue weighted by Crippen LogP contribution is -2.42. The third kappa shape index (κ3) is 2.22. The maximum atomic E-state index is 2.51. The van der Waals surface area contributed by atoms with Crippen molar-refractivity contribution in [1.82, 2.24) is 4.90 Å². The Morgan fingerprint density at radius 1 is 1.33 bits per heavy atom. The van der Waals surface area contributed by atoms with Gasteiger partial charge in [0.25, 0.3) is 0 Å². The Kier molecular flexibility index (Phi) is 3.57. The summed E-state index contributed by atoms with van der Waals surface area (Å²) >= 11 is 0. The van der Waals surface area contributed by atoms with Crippen LogP contribution >= 0.6 is 0 Å². The van der Waals surface area contributed by atoms with E-state index < -0.39 is 0 Å². The van der Waals surface area contributed by atoms with Crippen LogP contribution < -0.4 is 0 Å². The minimum absolute atomic E-state index is 0.799. The summed E-state index contributed by atoms with van der Waals surface area (Å²) in [5.74, 6) is 1.90. The van der Waals surface area contributed by atoms with Gasteiger partial charge < -0.3 is 4.90 Å². The molecule has 0 aromatic rings. The topological polar surface area (TPSA) is 3.24 Å². The van der Waals surface area contributed by atoms with Crippen molar-refractivity contribution >= 4 is 0 Å². The summed E-state index contributed by atoms with van der Waals surface area (Å²) in [5, 5.41) is 0. The van der Waals surface area contributed by atoms with E-state index in [0.29, 0.717) is 0 Å². The van der Waals surface area contributed by atoms with E-state index in [0.717, 1.165) is 17.9 Å². The smallest absolute Gasteiger partial charge is 0.00666 e. The third-order valence-electron chi connectivity index (χ3n) is 3.45. The molecule has 12 heavy (non-hydrogen) atoms. The van der Waals surface area contributed by atoms with Gasteiger partial charge in [-0.05, 0) is 38.6 Å². The maximum Gasteiger partial charge on any atom is 0.00666 e. The molecule has 1 saturated heterocycles. The number of hydrogen-bond acceptors (Lipinski definition) is 1. The molecule has 1 rings (SSSR count). The van der Waals surface area contributed by atoms with Crippen molar-refractivity contribution in [2.45, 2.75) is 46.1 Å². The van der Waals surface area contributed by atoms with Gasteiger partial charge in [-0.15, -0.1) is 0 Å². The van der Waals surface area contributed by atoms with Crippen molar-refractivity contribution in [3.63, 3.8) is 0 Å². The number of rotatable bonds is 2. The van der Waals surface area contributed by atoms with Crippen LogP contribution in [0.1, 0.15) is 40.0 Å². The second-order valence-corrected chi connectivity index (χ2v) is 4.55. The SMILES string of the molecule is CCCC1CN(C)C(C)CC1C. The van der Waals surface area contributed by atoms with Crippen LogP contribution in [-0.2, 0) is 0 Å². The molecular formula is C11H23N. The molecule has 3 unspecified atom stereocenters. The lowest BCUT2D eigenvalue weighted by atomic mass is 9.81. The van der Waals surface area contributed by atoms with Crippen LogP contribution in [-0.4, -0.2) is 24.5 Å². The Morgan fingerprint density at radius 3 is 2.58 bits per heavy atom. The first-order valence-corrected chi connectivity index (χ1v) is 5.35. The average molecular weight is 169 g/mol. The first kappa shape index (κ1) is 10.0. The molecule has 1 fully saturated rings. The van der Waals surface area contributed by atoms with Crippen LogP contribution in [0.15, 0.2) is 0 Å². The Balaban J connectivity index is 2.43. The molecule has 0 aromatic carbocycles. The van der Waals surface area contributed by atoms with Crippen molar-refractivity contribution in [2.24, 2.45) is 11.8 Å². The summed E-state index contributed by atoms with van der Waals surface area (Å²) in [6, 6.07) is 0.799. The van der Waals surface area contributed by atoms with Crippen LogP contribution in [0.25, 0.3) is 0 Å². The Labute approximate surface area is 77.1 Å². The van der Waals surface area contributed by atoms with Crippen LogP contribution in [0.3, 0.4) is 0 Å². The van der Waals surface area contributed by atoms with E-state index in [-0.39, 0.29) is 0 Å². The number of hydrogen-bond donors (Lipinski definition) is 0. The highest BCUT2D eigenvalue weighted by molar-refractivity contribution is 4.80. The largest absolute Gasteiger partial charge is 0.303 e. The molecule has 1 nitrogen and oxygen atoms in total. The van der Waals surface area contributed by atoms with Crippen molar-refractivity contribution in [3.8, 4) is 0 Å². The Bertz CT molecular complexity index is 133. The van der Waals surface area contributed by atoms with Gasteiger partial charge >= 0.3 is 0 Å². The van der Waals surface area contributed by atoms with Crippen LogP contribution in [0.4, 0.5) is 0 Å². The van der Waals surface area contributed by atoms with E-state index in [1.54, 1.807) is 0 Å². The normalized spacial score (nSPS) is 38.5. The second kappa shape index (κ2) is 4.27.